The topological polar surface area (TPSA) is 55.6 Å². The van der Waals surface area contributed by atoms with Crippen molar-refractivity contribution in [2.24, 2.45) is 0 Å². The minimum Gasteiger partial charge on any atom is -0.306 e. The molecule has 0 aliphatic heterocycles. The summed E-state index contributed by atoms with van der Waals surface area (Å²) in [4.78, 5) is 0. The molecule has 1 N–H and O–H groups in total. The second kappa shape index (κ2) is 4.68. The van der Waals surface area contributed by atoms with Gasteiger partial charge in [0.2, 0.25) is 5.13 Å². The van der Waals surface area contributed by atoms with Crippen LogP contribution >= 0.6 is 11.3 Å². The van der Waals surface area contributed by atoms with Crippen molar-refractivity contribution < 1.29 is 0 Å². The third-order valence-electron chi connectivity index (χ3n) is 3.03. The first-order valence-electron chi connectivity index (χ1n) is 6.65. The summed E-state index contributed by atoms with van der Waals surface area (Å²) in [6, 6.07) is 2.09. The molecule has 0 saturated heterocycles. The molecule has 1 saturated carbocycles. The summed E-state index contributed by atoms with van der Waals surface area (Å²) in [6.45, 7) is 7.18. The summed E-state index contributed by atoms with van der Waals surface area (Å²) in [7, 11) is 0. The number of hydrogen-bond acceptors (Lipinski definition) is 5. The molecular weight excluding hydrogens is 258 g/mol. The van der Waals surface area contributed by atoms with Gasteiger partial charge >= 0.3 is 0 Å². The van der Waals surface area contributed by atoms with Crippen molar-refractivity contribution in [3.8, 4) is 5.13 Å². The second-order valence-electron chi connectivity index (χ2n) is 6.04. The Hall–Kier alpha value is -1.27. The molecule has 102 valence electrons. The average Bonchev–Trinajstić information content (AvgIpc) is 2.91. The third-order valence-corrected chi connectivity index (χ3v) is 3.94. The first kappa shape index (κ1) is 12.7. The van der Waals surface area contributed by atoms with Crippen molar-refractivity contribution in [1.29, 1.82) is 0 Å². The summed E-state index contributed by atoms with van der Waals surface area (Å²) in [5.74, 6) is 0.677. The van der Waals surface area contributed by atoms with Gasteiger partial charge in [0, 0.05) is 17.7 Å². The van der Waals surface area contributed by atoms with Crippen LogP contribution in [0, 0.1) is 0 Å². The second-order valence-corrected chi connectivity index (χ2v) is 7.08. The number of rotatable bonds is 4. The van der Waals surface area contributed by atoms with Crippen LogP contribution < -0.4 is 5.32 Å². The van der Waals surface area contributed by atoms with Crippen molar-refractivity contribution >= 4 is 11.3 Å². The Bertz CT molecular complexity index is 562. The van der Waals surface area contributed by atoms with Gasteiger partial charge in [-0.3, -0.25) is 0 Å². The van der Waals surface area contributed by atoms with Crippen LogP contribution in [0.4, 0.5) is 0 Å². The summed E-state index contributed by atoms with van der Waals surface area (Å²) in [6.07, 6.45) is 4.52. The molecule has 0 bridgehead atoms. The minimum absolute atomic E-state index is 0.0939. The number of hydrogen-bond donors (Lipinski definition) is 1. The molecule has 0 atom stereocenters. The van der Waals surface area contributed by atoms with Gasteiger partial charge in [0.15, 0.2) is 0 Å². The lowest BCUT2D eigenvalue weighted by Gasteiger charge is -2.19. The Morgan fingerprint density at radius 1 is 1.37 bits per heavy atom. The fourth-order valence-corrected chi connectivity index (χ4v) is 2.50. The van der Waals surface area contributed by atoms with Crippen LogP contribution in [0.1, 0.15) is 50.2 Å². The molecule has 5 nitrogen and oxygen atoms in total. The van der Waals surface area contributed by atoms with E-state index in [1.165, 1.54) is 18.5 Å². The van der Waals surface area contributed by atoms with Crippen LogP contribution in [0.5, 0.6) is 0 Å². The highest BCUT2D eigenvalue weighted by Crippen LogP contribution is 2.39. The highest BCUT2D eigenvalue weighted by Gasteiger charge is 2.26. The van der Waals surface area contributed by atoms with Crippen LogP contribution in [0.15, 0.2) is 12.3 Å². The Labute approximate surface area is 117 Å². The molecule has 1 aliphatic rings. The number of nitrogens with one attached hydrogen (secondary N) is 1. The SMILES string of the molecule is CC(C)(C)NCc1nnc(-n2ccc(C3CC3)n2)s1. The van der Waals surface area contributed by atoms with Crippen molar-refractivity contribution in [1.82, 2.24) is 25.3 Å². The summed E-state index contributed by atoms with van der Waals surface area (Å²) >= 11 is 1.59. The molecule has 2 aromatic rings. The van der Waals surface area contributed by atoms with Gasteiger partial charge in [-0.15, -0.1) is 10.2 Å². The maximum Gasteiger partial charge on any atom is 0.232 e. The molecular formula is C13H19N5S. The zero-order valence-electron chi connectivity index (χ0n) is 11.6. The molecule has 1 fully saturated rings. The van der Waals surface area contributed by atoms with E-state index < -0.39 is 0 Å². The summed E-state index contributed by atoms with van der Waals surface area (Å²) < 4.78 is 1.84. The molecule has 0 unspecified atom stereocenters. The molecule has 19 heavy (non-hydrogen) atoms. The summed E-state index contributed by atoms with van der Waals surface area (Å²) in [5.41, 5.74) is 1.28. The zero-order chi connectivity index (χ0) is 13.5. The molecule has 1 aliphatic carbocycles. The lowest BCUT2D eigenvalue weighted by atomic mass is 10.1. The maximum absolute atomic E-state index is 4.57. The molecule has 0 spiro atoms. The van der Waals surface area contributed by atoms with Gasteiger partial charge in [-0.1, -0.05) is 11.3 Å². The van der Waals surface area contributed by atoms with E-state index in [1.54, 1.807) is 11.3 Å². The predicted octanol–water partition coefficient (Wildman–Crippen LogP) is 2.49. The van der Waals surface area contributed by atoms with Crippen LogP contribution in [0.2, 0.25) is 0 Å². The van der Waals surface area contributed by atoms with E-state index in [1.807, 2.05) is 10.9 Å². The highest BCUT2D eigenvalue weighted by atomic mass is 32.1. The van der Waals surface area contributed by atoms with E-state index in [-0.39, 0.29) is 5.54 Å². The maximum atomic E-state index is 4.57. The van der Waals surface area contributed by atoms with Gasteiger partial charge < -0.3 is 5.32 Å². The van der Waals surface area contributed by atoms with E-state index in [0.717, 1.165) is 16.7 Å². The molecule has 0 radical (unpaired) electrons. The van der Waals surface area contributed by atoms with E-state index in [2.05, 4.69) is 47.5 Å². The van der Waals surface area contributed by atoms with Crippen molar-refractivity contribution in [2.75, 3.05) is 0 Å². The largest absolute Gasteiger partial charge is 0.306 e. The smallest absolute Gasteiger partial charge is 0.232 e. The third kappa shape index (κ3) is 3.19. The first-order valence-corrected chi connectivity index (χ1v) is 7.46. The van der Waals surface area contributed by atoms with Gasteiger partial charge in [-0.25, -0.2) is 4.68 Å². The lowest BCUT2D eigenvalue weighted by Crippen LogP contribution is -2.35. The summed E-state index contributed by atoms with van der Waals surface area (Å²) in [5, 5.41) is 18.2. The molecule has 0 amide bonds. The van der Waals surface area contributed by atoms with Gasteiger partial charge in [-0.2, -0.15) is 5.10 Å². The van der Waals surface area contributed by atoms with Gasteiger partial charge in [0.1, 0.15) is 5.01 Å². The normalized spacial score (nSPS) is 15.9. The number of nitrogens with zero attached hydrogens (tertiary/aromatic N) is 4. The van der Waals surface area contributed by atoms with E-state index in [0.29, 0.717) is 5.92 Å². The lowest BCUT2D eigenvalue weighted by molar-refractivity contribution is 0.423. The van der Waals surface area contributed by atoms with Gasteiger partial charge in [0.05, 0.1) is 12.2 Å². The quantitative estimate of drug-likeness (QED) is 0.933. The van der Waals surface area contributed by atoms with Gasteiger partial charge in [0.25, 0.3) is 0 Å². The average molecular weight is 277 g/mol. The molecule has 0 aromatic carbocycles. The van der Waals surface area contributed by atoms with Crippen molar-refractivity contribution in [3.63, 3.8) is 0 Å². The van der Waals surface area contributed by atoms with E-state index >= 15 is 0 Å². The Morgan fingerprint density at radius 3 is 2.84 bits per heavy atom. The standard InChI is InChI=1S/C13H19N5S/c1-13(2,3)14-8-11-15-16-12(19-11)18-7-6-10(17-18)9-4-5-9/h6-7,9,14H,4-5,8H2,1-3H3. The Morgan fingerprint density at radius 2 is 2.16 bits per heavy atom. The fraction of sp³-hybridized carbons (Fsp3) is 0.615. The molecule has 2 aromatic heterocycles. The zero-order valence-corrected chi connectivity index (χ0v) is 12.4. The molecule has 6 heteroatoms. The molecule has 2 heterocycles. The number of aromatic nitrogens is 4. The van der Waals surface area contributed by atoms with Crippen LogP contribution in [0.25, 0.3) is 5.13 Å². The Kier molecular flexibility index (Phi) is 3.14. The van der Waals surface area contributed by atoms with Crippen molar-refractivity contribution in [3.05, 3.63) is 23.0 Å². The van der Waals surface area contributed by atoms with Crippen LogP contribution in [-0.2, 0) is 6.54 Å². The monoisotopic (exact) mass is 277 g/mol. The van der Waals surface area contributed by atoms with E-state index in [9.17, 15) is 0 Å². The highest BCUT2D eigenvalue weighted by molar-refractivity contribution is 7.13. The van der Waals surface area contributed by atoms with Crippen LogP contribution in [-0.4, -0.2) is 25.5 Å². The van der Waals surface area contributed by atoms with Crippen molar-refractivity contribution in [2.45, 2.75) is 51.6 Å². The Balaban J connectivity index is 1.69. The van der Waals surface area contributed by atoms with Crippen LogP contribution in [0.3, 0.4) is 0 Å². The first-order chi connectivity index (χ1) is 9.01. The molecule has 3 rings (SSSR count). The fourth-order valence-electron chi connectivity index (χ4n) is 1.79. The minimum atomic E-state index is 0.0939. The predicted molar refractivity (Wildman–Crippen MR) is 75.6 cm³/mol. The van der Waals surface area contributed by atoms with E-state index in [4.69, 9.17) is 0 Å². The van der Waals surface area contributed by atoms with Gasteiger partial charge in [-0.05, 0) is 39.7 Å².